The number of unbranched alkanes of at least 4 members (excludes halogenated alkanes) is 1. The minimum absolute atomic E-state index is 0.00163. The number of nitrogens with one attached hydrogen (secondary N) is 1. The molecule has 2 amide bonds. The minimum atomic E-state index is -0.608. The number of carbonyl (C=O) groups is 2. The molecule has 5 nitrogen and oxygen atoms in total. The van der Waals surface area contributed by atoms with E-state index < -0.39 is 5.54 Å². The highest BCUT2D eigenvalue weighted by Crippen LogP contribution is 2.33. The fraction of sp³-hybridized carbons (Fsp3) is 0.867. The zero-order chi connectivity index (χ0) is 14.6. The molecule has 0 radical (unpaired) electrons. The van der Waals surface area contributed by atoms with Crippen LogP contribution in [0, 0.1) is 0 Å². The van der Waals surface area contributed by atoms with Crippen molar-refractivity contribution in [1.82, 2.24) is 10.2 Å². The number of rotatable bonds is 5. The van der Waals surface area contributed by atoms with E-state index in [4.69, 9.17) is 4.74 Å². The van der Waals surface area contributed by atoms with Crippen LogP contribution in [0.3, 0.4) is 0 Å². The number of amides is 2. The Balaban J connectivity index is 2.04. The van der Waals surface area contributed by atoms with Crippen LogP contribution in [0.25, 0.3) is 0 Å². The number of hydrogen-bond donors (Lipinski definition) is 1. The fourth-order valence-electron chi connectivity index (χ4n) is 3.30. The summed E-state index contributed by atoms with van der Waals surface area (Å²) in [6.45, 7) is 3.17. The molecule has 1 spiro atoms. The number of piperazine rings is 1. The van der Waals surface area contributed by atoms with E-state index in [0.717, 1.165) is 44.9 Å². The monoisotopic (exact) mass is 282 g/mol. The molecule has 20 heavy (non-hydrogen) atoms. The largest absolute Gasteiger partial charge is 0.385 e. The molecule has 1 saturated carbocycles. The molecule has 1 aliphatic carbocycles. The third-order valence-electron chi connectivity index (χ3n) is 4.58. The van der Waals surface area contributed by atoms with Gasteiger partial charge in [0, 0.05) is 20.3 Å². The van der Waals surface area contributed by atoms with Crippen molar-refractivity contribution in [3.8, 4) is 0 Å². The lowest BCUT2D eigenvalue weighted by atomic mass is 9.78. The molecular weight excluding hydrogens is 256 g/mol. The van der Waals surface area contributed by atoms with E-state index in [9.17, 15) is 9.59 Å². The standard InChI is InChI=1S/C15H26N2O3/c1-12-13(18)16-15(8-4-3-5-9-15)14(19)17(12)10-6-7-11-20-2/h12H,3-11H2,1-2H3,(H,16,18). The first kappa shape index (κ1) is 15.3. The third-order valence-corrected chi connectivity index (χ3v) is 4.58. The van der Waals surface area contributed by atoms with Crippen LogP contribution in [0.2, 0.25) is 0 Å². The van der Waals surface area contributed by atoms with Crippen molar-refractivity contribution >= 4 is 11.8 Å². The summed E-state index contributed by atoms with van der Waals surface area (Å²) in [6, 6.07) is -0.349. The zero-order valence-corrected chi connectivity index (χ0v) is 12.6. The lowest BCUT2D eigenvalue weighted by Crippen LogP contribution is -2.70. The van der Waals surface area contributed by atoms with Gasteiger partial charge in [-0.1, -0.05) is 19.3 Å². The Labute approximate surface area is 121 Å². The van der Waals surface area contributed by atoms with E-state index in [-0.39, 0.29) is 17.9 Å². The highest BCUT2D eigenvalue weighted by atomic mass is 16.5. The van der Waals surface area contributed by atoms with Crippen molar-refractivity contribution in [2.75, 3.05) is 20.3 Å². The first-order valence-electron chi connectivity index (χ1n) is 7.73. The maximum atomic E-state index is 12.8. The van der Waals surface area contributed by atoms with Gasteiger partial charge in [0.15, 0.2) is 0 Å². The second kappa shape index (κ2) is 6.57. The molecule has 0 aromatic heterocycles. The molecule has 0 aromatic rings. The summed E-state index contributed by atoms with van der Waals surface area (Å²) in [5, 5.41) is 3.01. The average molecular weight is 282 g/mol. The number of nitrogens with zero attached hydrogens (tertiary/aromatic N) is 1. The Morgan fingerprint density at radius 2 is 1.95 bits per heavy atom. The summed E-state index contributed by atoms with van der Waals surface area (Å²) < 4.78 is 5.03. The van der Waals surface area contributed by atoms with Gasteiger partial charge < -0.3 is 15.0 Å². The molecule has 114 valence electrons. The summed E-state index contributed by atoms with van der Waals surface area (Å²) in [5.74, 6) is 0.125. The quantitative estimate of drug-likeness (QED) is 0.777. The maximum Gasteiger partial charge on any atom is 0.248 e. The van der Waals surface area contributed by atoms with Gasteiger partial charge in [-0.15, -0.1) is 0 Å². The van der Waals surface area contributed by atoms with Crippen LogP contribution < -0.4 is 5.32 Å². The predicted molar refractivity (Wildman–Crippen MR) is 76.2 cm³/mol. The van der Waals surface area contributed by atoms with E-state index >= 15 is 0 Å². The first-order chi connectivity index (χ1) is 9.60. The topological polar surface area (TPSA) is 58.6 Å². The Hall–Kier alpha value is -1.10. The van der Waals surface area contributed by atoms with Crippen LogP contribution in [0.4, 0.5) is 0 Å². The van der Waals surface area contributed by atoms with Crippen LogP contribution in [-0.4, -0.2) is 48.6 Å². The molecule has 5 heteroatoms. The second-order valence-corrected chi connectivity index (χ2v) is 6.01. The van der Waals surface area contributed by atoms with Crippen LogP contribution in [0.5, 0.6) is 0 Å². The van der Waals surface area contributed by atoms with Crippen molar-refractivity contribution in [3.05, 3.63) is 0 Å². The Morgan fingerprint density at radius 1 is 1.25 bits per heavy atom. The lowest BCUT2D eigenvalue weighted by Gasteiger charge is -2.47. The summed E-state index contributed by atoms with van der Waals surface area (Å²) in [7, 11) is 1.68. The van der Waals surface area contributed by atoms with Gasteiger partial charge >= 0.3 is 0 Å². The Morgan fingerprint density at radius 3 is 2.60 bits per heavy atom. The highest BCUT2D eigenvalue weighted by molar-refractivity contribution is 5.99. The van der Waals surface area contributed by atoms with Gasteiger partial charge in [0.2, 0.25) is 11.8 Å². The molecule has 1 aliphatic heterocycles. The molecule has 1 atom stereocenters. The van der Waals surface area contributed by atoms with Gasteiger partial charge in [0.1, 0.15) is 11.6 Å². The van der Waals surface area contributed by atoms with Crippen molar-refractivity contribution in [3.63, 3.8) is 0 Å². The number of methoxy groups -OCH3 is 1. The van der Waals surface area contributed by atoms with E-state index in [0.29, 0.717) is 13.2 Å². The van der Waals surface area contributed by atoms with Crippen LogP contribution in [0.15, 0.2) is 0 Å². The molecule has 2 fully saturated rings. The van der Waals surface area contributed by atoms with Gasteiger partial charge in [-0.3, -0.25) is 9.59 Å². The van der Waals surface area contributed by atoms with Crippen molar-refractivity contribution in [2.24, 2.45) is 0 Å². The number of ether oxygens (including phenoxy) is 1. The van der Waals surface area contributed by atoms with E-state index in [2.05, 4.69) is 5.32 Å². The molecule has 2 rings (SSSR count). The molecule has 1 N–H and O–H groups in total. The van der Waals surface area contributed by atoms with Crippen LogP contribution in [-0.2, 0) is 14.3 Å². The molecule has 1 unspecified atom stereocenters. The number of carbonyl (C=O) groups excluding carboxylic acids is 2. The van der Waals surface area contributed by atoms with Crippen molar-refractivity contribution in [1.29, 1.82) is 0 Å². The normalized spacial score (nSPS) is 25.9. The Kier molecular flexibility index (Phi) is 5.02. The van der Waals surface area contributed by atoms with E-state index in [1.165, 1.54) is 0 Å². The van der Waals surface area contributed by atoms with Crippen LogP contribution in [0.1, 0.15) is 51.9 Å². The Bertz CT molecular complexity index is 364. The van der Waals surface area contributed by atoms with E-state index in [1.807, 2.05) is 6.92 Å². The molecule has 1 saturated heterocycles. The average Bonchev–Trinajstić information content (AvgIpc) is 2.46. The third kappa shape index (κ3) is 2.97. The molecule has 1 heterocycles. The van der Waals surface area contributed by atoms with Gasteiger partial charge in [-0.05, 0) is 32.6 Å². The second-order valence-electron chi connectivity index (χ2n) is 6.01. The summed E-state index contributed by atoms with van der Waals surface area (Å²) in [5.41, 5.74) is -0.608. The molecule has 0 aromatic carbocycles. The van der Waals surface area contributed by atoms with Gasteiger partial charge in [-0.25, -0.2) is 0 Å². The fourth-order valence-corrected chi connectivity index (χ4v) is 3.30. The lowest BCUT2D eigenvalue weighted by molar-refractivity contribution is -0.156. The predicted octanol–water partition coefficient (Wildman–Crippen LogP) is 1.46. The van der Waals surface area contributed by atoms with E-state index in [1.54, 1.807) is 12.0 Å². The van der Waals surface area contributed by atoms with Crippen molar-refractivity contribution in [2.45, 2.75) is 63.5 Å². The minimum Gasteiger partial charge on any atom is -0.385 e. The van der Waals surface area contributed by atoms with Crippen LogP contribution >= 0.6 is 0 Å². The molecule has 2 aliphatic rings. The smallest absolute Gasteiger partial charge is 0.248 e. The summed E-state index contributed by atoms with van der Waals surface area (Å²) in [4.78, 5) is 26.8. The first-order valence-corrected chi connectivity index (χ1v) is 7.73. The SMILES string of the molecule is COCCCCN1C(=O)C2(CCCCC2)NC(=O)C1C. The molecular formula is C15H26N2O3. The summed E-state index contributed by atoms with van der Waals surface area (Å²) >= 11 is 0. The summed E-state index contributed by atoms with van der Waals surface area (Å²) in [6.07, 6.45) is 6.59. The van der Waals surface area contributed by atoms with Gasteiger partial charge in [0.05, 0.1) is 0 Å². The highest BCUT2D eigenvalue weighted by Gasteiger charge is 2.49. The zero-order valence-electron chi connectivity index (χ0n) is 12.6. The van der Waals surface area contributed by atoms with Gasteiger partial charge in [0.25, 0.3) is 0 Å². The number of hydrogen-bond acceptors (Lipinski definition) is 3. The van der Waals surface area contributed by atoms with Crippen molar-refractivity contribution < 1.29 is 14.3 Å². The molecule has 0 bridgehead atoms. The van der Waals surface area contributed by atoms with Gasteiger partial charge in [-0.2, -0.15) is 0 Å². The maximum absolute atomic E-state index is 12.8.